The minimum Gasteiger partial charge on any atom is -0.377 e. The Morgan fingerprint density at radius 3 is 2.63 bits per heavy atom. The molecule has 1 atom stereocenters. The van der Waals surface area contributed by atoms with Crippen LogP contribution in [0.3, 0.4) is 0 Å². The zero-order valence-corrected chi connectivity index (χ0v) is 12.2. The summed E-state index contributed by atoms with van der Waals surface area (Å²) in [6, 6.07) is 12.7. The van der Waals surface area contributed by atoms with E-state index in [0.717, 1.165) is 15.7 Å². The Balaban J connectivity index is 2.28. The fourth-order valence-electron chi connectivity index (χ4n) is 1.97. The third kappa shape index (κ3) is 3.33. The summed E-state index contributed by atoms with van der Waals surface area (Å²) in [7, 11) is 0. The molecule has 1 unspecified atom stereocenters. The normalized spacial score (nSPS) is 12.2. The molecule has 100 valence electrons. The first-order valence-corrected chi connectivity index (χ1v) is 6.88. The van der Waals surface area contributed by atoms with Gasteiger partial charge in [0, 0.05) is 22.3 Å². The molecule has 0 amide bonds. The largest absolute Gasteiger partial charge is 0.377 e. The number of hydrogen-bond donors (Lipinski definition) is 2. The number of anilines is 1. The van der Waals surface area contributed by atoms with Crippen LogP contribution >= 0.6 is 15.9 Å². The van der Waals surface area contributed by atoms with Gasteiger partial charge in [-0.05, 0) is 30.7 Å². The van der Waals surface area contributed by atoms with Gasteiger partial charge in [0.15, 0.2) is 0 Å². The second-order valence-corrected chi connectivity index (χ2v) is 5.33. The maximum atomic E-state index is 14.0. The standard InChI is InChI=1S/C15H16BrFN2/c1-10-4-2-3-5-14(10)19-15(9-18)12-7-6-11(16)8-13(12)17/h2-8,15,19H,9,18H2,1H3. The summed E-state index contributed by atoms with van der Waals surface area (Å²) in [5.41, 5.74) is 8.43. The number of rotatable bonds is 4. The average Bonchev–Trinajstić information content (AvgIpc) is 2.39. The first-order valence-electron chi connectivity index (χ1n) is 6.09. The first kappa shape index (κ1) is 14.0. The van der Waals surface area contributed by atoms with Gasteiger partial charge in [-0.3, -0.25) is 0 Å². The van der Waals surface area contributed by atoms with E-state index in [1.807, 2.05) is 37.3 Å². The topological polar surface area (TPSA) is 38.0 Å². The van der Waals surface area contributed by atoms with Crippen molar-refractivity contribution in [2.75, 3.05) is 11.9 Å². The van der Waals surface area contributed by atoms with Crippen molar-refractivity contribution in [1.29, 1.82) is 0 Å². The zero-order valence-electron chi connectivity index (χ0n) is 10.7. The third-order valence-corrected chi connectivity index (χ3v) is 3.54. The van der Waals surface area contributed by atoms with E-state index in [2.05, 4.69) is 21.2 Å². The summed E-state index contributed by atoms with van der Waals surface area (Å²) in [4.78, 5) is 0. The number of para-hydroxylation sites is 1. The summed E-state index contributed by atoms with van der Waals surface area (Å²) in [6.45, 7) is 2.33. The second-order valence-electron chi connectivity index (χ2n) is 4.41. The molecule has 19 heavy (non-hydrogen) atoms. The number of nitrogens with one attached hydrogen (secondary N) is 1. The second kappa shape index (κ2) is 6.17. The van der Waals surface area contributed by atoms with Crippen LogP contribution in [-0.2, 0) is 0 Å². The van der Waals surface area contributed by atoms with Gasteiger partial charge in [-0.25, -0.2) is 4.39 Å². The maximum Gasteiger partial charge on any atom is 0.129 e. The Hall–Kier alpha value is -1.39. The van der Waals surface area contributed by atoms with E-state index in [4.69, 9.17) is 5.73 Å². The van der Waals surface area contributed by atoms with Crippen molar-refractivity contribution in [2.24, 2.45) is 5.73 Å². The van der Waals surface area contributed by atoms with Crippen molar-refractivity contribution in [3.05, 3.63) is 63.9 Å². The Morgan fingerprint density at radius 1 is 1.26 bits per heavy atom. The lowest BCUT2D eigenvalue weighted by Gasteiger charge is -2.20. The molecule has 0 radical (unpaired) electrons. The minimum atomic E-state index is -0.258. The molecule has 0 aromatic heterocycles. The van der Waals surface area contributed by atoms with Crippen molar-refractivity contribution in [1.82, 2.24) is 0 Å². The number of hydrogen-bond acceptors (Lipinski definition) is 2. The number of benzene rings is 2. The molecule has 0 fully saturated rings. The van der Waals surface area contributed by atoms with E-state index in [1.165, 1.54) is 6.07 Å². The Morgan fingerprint density at radius 2 is 2.00 bits per heavy atom. The van der Waals surface area contributed by atoms with Gasteiger partial charge in [0.1, 0.15) is 5.82 Å². The number of aryl methyl sites for hydroxylation is 1. The molecule has 0 spiro atoms. The number of halogens is 2. The number of nitrogens with two attached hydrogens (primary N) is 1. The molecule has 2 aromatic carbocycles. The summed E-state index contributed by atoms with van der Waals surface area (Å²) >= 11 is 3.25. The van der Waals surface area contributed by atoms with Crippen LogP contribution in [0.1, 0.15) is 17.2 Å². The molecule has 0 heterocycles. The van der Waals surface area contributed by atoms with Crippen molar-refractivity contribution >= 4 is 21.6 Å². The van der Waals surface area contributed by atoms with Gasteiger partial charge in [0.2, 0.25) is 0 Å². The monoisotopic (exact) mass is 322 g/mol. The highest BCUT2D eigenvalue weighted by Gasteiger charge is 2.15. The molecule has 2 rings (SSSR count). The summed E-state index contributed by atoms with van der Waals surface area (Å²) in [5, 5.41) is 3.29. The Bertz CT molecular complexity index is 572. The van der Waals surface area contributed by atoms with E-state index in [-0.39, 0.29) is 11.9 Å². The van der Waals surface area contributed by atoms with Gasteiger partial charge in [-0.2, -0.15) is 0 Å². The van der Waals surface area contributed by atoms with E-state index in [1.54, 1.807) is 6.07 Å². The molecule has 0 aliphatic carbocycles. The lowest BCUT2D eigenvalue weighted by atomic mass is 10.1. The molecular weight excluding hydrogens is 307 g/mol. The van der Waals surface area contributed by atoms with Crippen molar-refractivity contribution in [3.63, 3.8) is 0 Å². The van der Waals surface area contributed by atoms with Crippen molar-refractivity contribution in [3.8, 4) is 0 Å². The van der Waals surface area contributed by atoms with Crippen LogP contribution in [0, 0.1) is 12.7 Å². The SMILES string of the molecule is Cc1ccccc1NC(CN)c1ccc(Br)cc1F. The maximum absolute atomic E-state index is 14.0. The molecule has 0 aliphatic heterocycles. The van der Waals surface area contributed by atoms with Crippen LogP contribution in [-0.4, -0.2) is 6.54 Å². The van der Waals surface area contributed by atoms with Crippen LogP contribution in [0.25, 0.3) is 0 Å². The molecule has 3 N–H and O–H groups in total. The molecular formula is C15H16BrFN2. The molecule has 0 aliphatic rings. The van der Waals surface area contributed by atoms with Gasteiger partial charge < -0.3 is 11.1 Å². The third-order valence-electron chi connectivity index (χ3n) is 3.05. The fraction of sp³-hybridized carbons (Fsp3) is 0.200. The highest BCUT2D eigenvalue weighted by Crippen LogP contribution is 2.25. The zero-order chi connectivity index (χ0) is 13.8. The summed E-state index contributed by atoms with van der Waals surface area (Å²) in [5.74, 6) is -0.258. The Labute approximate surface area is 121 Å². The van der Waals surface area contributed by atoms with Gasteiger partial charge in [0.05, 0.1) is 6.04 Å². The van der Waals surface area contributed by atoms with E-state index in [0.29, 0.717) is 12.1 Å². The van der Waals surface area contributed by atoms with E-state index in [9.17, 15) is 4.39 Å². The predicted octanol–water partition coefficient (Wildman–Crippen LogP) is 4.01. The average molecular weight is 323 g/mol. The van der Waals surface area contributed by atoms with Crippen LogP contribution < -0.4 is 11.1 Å². The van der Waals surface area contributed by atoms with Crippen LogP contribution in [0.4, 0.5) is 10.1 Å². The van der Waals surface area contributed by atoms with Crippen LogP contribution in [0.15, 0.2) is 46.9 Å². The van der Waals surface area contributed by atoms with E-state index < -0.39 is 0 Å². The van der Waals surface area contributed by atoms with Gasteiger partial charge in [-0.15, -0.1) is 0 Å². The minimum absolute atomic E-state index is 0.241. The van der Waals surface area contributed by atoms with Gasteiger partial charge in [0.25, 0.3) is 0 Å². The lowest BCUT2D eigenvalue weighted by Crippen LogP contribution is -2.22. The van der Waals surface area contributed by atoms with E-state index >= 15 is 0 Å². The van der Waals surface area contributed by atoms with Crippen LogP contribution in [0.5, 0.6) is 0 Å². The molecule has 2 nitrogen and oxygen atoms in total. The summed E-state index contributed by atoms with van der Waals surface area (Å²) < 4.78 is 14.7. The quantitative estimate of drug-likeness (QED) is 0.892. The predicted molar refractivity (Wildman–Crippen MR) is 80.7 cm³/mol. The smallest absolute Gasteiger partial charge is 0.129 e. The Kier molecular flexibility index (Phi) is 4.56. The molecule has 0 saturated carbocycles. The van der Waals surface area contributed by atoms with Gasteiger partial charge >= 0.3 is 0 Å². The molecule has 0 bridgehead atoms. The summed E-state index contributed by atoms with van der Waals surface area (Å²) in [6.07, 6.45) is 0. The molecule has 2 aromatic rings. The highest BCUT2D eigenvalue weighted by molar-refractivity contribution is 9.10. The first-order chi connectivity index (χ1) is 9.11. The lowest BCUT2D eigenvalue weighted by molar-refractivity contribution is 0.592. The van der Waals surface area contributed by atoms with Crippen molar-refractivity contribution < 1.29 is 4.39 Å². The highest BCUT2D eigenvalue weighted by atomic mass is 79.9. The molecule has 4 heteroatoms. The van der Waals surface area contributed by atoms with Crippen LogP contribution in [0.2, 0.25) is 0 Å². The fourth-order valence-corrected chi connectivity index (χ4v) is 2.30. The van der Waals surface area contributed by atoms with Gasteiger partial charge in [-0.1, -0.05) is 40.2 Å². The van der Waals surface area contributed by atoms with Crippen molar-refractivity contribution in [2.45, 2.75) is 13.0 Å². The molecule has 0 saturated heterocycles.